The summed E-state index contributed by atoms with van der Waals surface area (Å²) < 4.78 is 17.8. The van der Waals surface area contributed by atoms with Gasteiger partial charge in [-0.2, -0.15) is 11.8 Å². The lowest BCUT2D eigenvalue weighted by atomic mass is 9.94. The van der Waals surface area contributed by atoms with Crippen LogP contribution >= 0.6 is 11.8 Å². The first-order chi connectivity index (χ1) is 34.3. The van der Waals surface area contributed by atoms with Crippen molar-refractivity contribution in [3.8, 4) is 0 Å². The van der Waals surface area contributed by atoms with E-state index in [2.05, 4.69) is 48.5 Å². The Hall–Kier alpha value is -2.05. The van der Waals surface area contributed by atoms with Crippen molar-refractivity contribution in [3.05, 3.63) is 0 Å². The SMILES string of the molecule is CCCCCCCCC(CCCCCC)C(=O)OCCCCCCN(CCCCCCOC(=O)C(CCCCCC)CCCCCCCC)CCOCCNC(=O)CCCCC1SCC2NC(=O)NC21. The van der Waals surface area contributed by atoms with Gasteiger partial charge in [0, 0.05) is 30.5 Å². The van der Waals surface area contributed by atoms with E-state index in [1.54, 1.807) is 0 Å². The van der Waals surface area contributed by atoms with E-state index < -0.39 is 0 Å². The van der Waals surface area contributed by atoms with Crippen molar-refractivity contribution in [2.24, 2.45) is 11.8 Å². The lowest BCUT2D eigenvalue weighted by Gasteiger charge is -2.22. The van der Waals surface area contributed by atoms with Gasteiger partial charge in [-0.05, 0) is 77.3 Å². The quantitative estimate of drug-likeness (QED) is 0.0309. The highest BCUT2D eigenvalue weighted by Gasteiger charge is 2.42. The lowest BCUT2D eigenvalue weighted by molar-refractivity contribution is -0.150. The molecule has 3 amide bonds. The van der Waals surface area contributed by atoms with Crippen molar-refractivity contribution in [2.45, 2.75) is 276 Å². The van der Waals surface area contributed by atoms with Crippen LogP contribution < -0.4 is 16.0 Å². The normalized spacial score (nSPS) is 17.3. The maximum absolute atomic E-state index is 13.1. The summed E-state index contributed by atoms with van der Waals surface area (Å²) in [5.41, 5.74) is 0. The van der Waals surface area contributed by atoms with E-state index in [0.717, 1.165) is 147 Å². The number of rotatable bonds is 51. The summed E-state index contributed by atoms with van der Waals surface area (Å²) in [6.07, 6.45) is 40.2. The molecule has 3 N–H and O–H groups in total. The van der Waals surface area contributed by atoms with Crippen molar-refractivity contribution < 1.29 is 33.4 Å². The molecule has 70 heavy (non-hydrogen) atoms. The summed E-state index contributed by atoms with van der Waals surface area (Å²) >= 11 is 1.92. The number of nitrogens with one attached hydrogen (secondary N) is 3. The molecule has 2 saturated heterocycles. The summed E-state index contributed by atoms with van der Waals surface area (Å²) in [5.74, 6) is 1.23. The highest BCUT2D eigenvalue weighted by Crippen LogP contribution is 2.33. The van der Waals surface area contributed by atoms with Crippen LogP contribution in [0.3, 0.4) is 0 Å². The number of carbonyl (C=O) groups excluding carboxylic acids is 4. The molecule has 410 valence electrons. The average Bonchev–Trinajstić information content (AvgIpc) is 3.92. The van der Waals surface area contributed by atoms with E-state index >= 15 is 0 Å². The Labute approximate surface area is 434 Å². The molecule has 2 heterocycles. The molecule has 2 rings (SSSR count). The van der Waals surface area contributed by atoms with Gasteiger partial charge >= 0.3 is 18.0 Å². The summed E-state index contributed by atoms with van der Waals surface area (Å²) in [5, 5.41) is 9.51. The Morgan fingerprint density at radius 3 is 1.51 bits per heavy atom. The van der Waals surface area contributed by atoms with Crippen LogP contribution in [-0.4, -0.2) is 104 Å². The highest BCUT2D eigenvalue weighted by atomic mass is 32.2. The first-order valence-corrected chi connectivity index (χ1v) is 31.0. The molecule has 2 aliphatic rings. The number of thioether (sulfide) groups is 1. The van der Waals surface area contributed by atoms with Gasteiger partial charge in [0.25, 0.3) is 0 Å². The molecule has 2 fully saturated rings. The van der Waals surface area contributed by atoms with Crippen molar-refractivity contribution in [3.63, 3.8) is 0 Å². The predicted octanol–water partition coefficient (Wildman–Crippen LogP) is 14.0. The molecule has 0 aromatic heterocycles. The third kappa shape index (κ3) is 33.6. The number of hydrogen-bond donors (Lipinski definition) is 3. The van der Waals surface area contributed by atoms with Gasteiger partial charge in [0.2, 0.25) is 5.91 Å². The Balaban J connectivity index is 1.72. The molecule has 12 heteroatoms. The van der Waals surface area contributed by atoms with E-state index in [4.69, 9.17) is 14.2 Å². The minimum atomic E-state index is -0.0510. The number of amides is 3. The second-order valence-electron chi connectivity index (χ2n) is 21.0. The van der Waals surface area contributed by atoms with Gasteiger partial charge in [-0.1, -0.05) is 188 Å². The number of nitrogens with zero attached hydrogens (tertiary/aromatic N) is 1. The summed E-state index contributed by atoms with van der Waals surface area (Å²) in [6, 6.07) is 0.409. The van der Waals surface area contributed by atoms with E-state index in [-0.39, 0.29) is 47.8 Å². The van der Waals surface area contributed by atoms with Crippen LogP contribution in [0.2, 0.25) is 0 Å². The van der Waals surface area contributed by atoms with Crippen LogP contribution in [-0.2, 0) is 28.6 Å². The maximum atomic E-state index is 13.1. The third-order valence-corrected chi connectivity index (χ3v) is 16.2. The van der Waals surface area contributed by atoms with E-state index in [0.29, 0.717) is 44.6 Å². The molecule has 0 aromatic rings. The fraction of sp³-hybridized carbons (Fsp3) is 0.931. The molecular weight excluding hydrogens is 897 g/mol. The maximum Gasteiger partial charge on any atom is 0.315 e. The Bertz CT molecular complexity index is 1220. The number of hydrogen-bond acceptors (Lipinski definition) is 9. The number of carbonyl (C=O) groups is 4. The standard InChI is InChI=1S/C58H110N4O7S/c1-5-9-13-17-19-27-37-50(35-25-15-11-7-3)56(64)68-45-33-23-21-31-42-62(44-48-67-47-41-59-54(63)40-30-29-39-53-55-52(49-70-53)60-58(66)61-55)43-32-22-24-34-46-69-57(65)51(36-26-16-12-8-4)38-28-20-18-14-10-6-2/h50-53,55H,5-49H2,1-4H3,(H,59,63)(H2,60,61,66). The van der Waals surface area contributed by atoms with Crippen LogP contribution in [0, 0.1) is 11.8 Å². The van der Waals surface area contributed by atoms with Crippen molar-refractivity contribution in [1.29, 1.82) is 0 Å². The summed E-state index contributed by atoms with van der Waals surface area (Å²) in [6.45, 7) is 14.6. The summed E-state index contributed by atoms with van der Waals surface area (Å²) in [7, 11) is 0. The van der Waals surface area contributed by atoms with Crippen LogP contribution in [0.1, 0.15) is 259 Å². The molecule has 0 bridgehead atoms. The van der Waals surface area contributed by atoms with Gasteiger partial charge in [0.1, 0.15) is 0 Å². The molecule has 0 saturated carbocycles. The van der Waals surface area contributed by atoms with Gasteiger partial charge in [0.15, 0.2) is 0 Å². The van der Waals surface area contributed by atoms with Gasteiger partial charge in [-0.3, -0.25) is 14.4 Å². The summed E-state index contributed by atoms with van der Waals surface area (Å²) in [4.78, 5) is 53.0. The lowest BCUT2D eigenvalue weighted by Crippen LogP contribution is -2.36. The molecule has 0 radical (unpaired) electrons. The van der Waals surface area contributed by atoms with Crippen molar-refractivity contribution in [1.82, 2.24) is 20.9 Å². The number of ether oxygens (including phenoxy) is 3. The van der Waals surface area contributed by atoms with Gasteiger partial charge < -0.3 is 35.1 Å². The van der Waals surface area contributed by atoms with Crippen LogP contribution in [0.15, 0.2) is 0 Å². The molecule has 11 nitrogen and oxygen atoms in total. The Kier molecular flexibility index (Phi) is 41.7. The number of urea groups is 1. The number of fused-ring (bicyclic) bond motifs is 1. The molecule has 2 aliphatic heterocycles. The zero-order valence-corrected chi connectivity index (χ0v) is 46.7. The zero-order chi connectivity index (χ0) is 50.5. The molecule has 0 spiro atoms. The Morgan fingerprint density at radius 2 is 1.00 bits per heavy atom. The molecule has 5 unspecified atom stereocenters. The van der Waals surface area contributed by atoms with E-state index in [1.807, 2.05) is 11.8 Å². The first-order valence-electron chi connectivity index (χ1n) is 29.9. The van der Waals surface area contributed by atoms with E-state index in [9.17, 15) is 19.2 Å². The number of unbranched alkanes of at least 4 members (excludes halogenated alkanes) is 23. The fourth-order valence-electron chi connectivity index (χ4n) is 10.2. The van der Waals surface area contributed by atoms with Gasteiger partial charge in [0.05, 0.1) is 50.3 Å². The Morgan fingerprint density at radius 1 is 0.543 bits per heavy atom. The predicted molar refractivity (Wildman–Crippen MR) is 294 cm³/mol. The molecule has 0 aliphatic carbocycles. The van der Waals surface area contributed by atoms with Crippen LogP contribution in [0.5, 0.6) is 0 Å². The second-order valence-corrected chi connectivity index (χ2v) is 22.3. The minimum Gasteiger partial charge on any atom is -0.465 e. The second kappa shape index (κ2) is 45.6. The molecule has 5 atom stereocenters. The first kappa shape index (κ1) is 64.1. The van der Waals surface area contributed by atoms with Crippen molar-refractivity contribution >= 4 is 35.6 Å². The van der Waals surface area contributed by atoms with Gasteiger partial charge in [-0.15, -0.1) is 0 Å². The monoisotopic (exact) mass is 1010 g/mol. The fourth-order valence-corrected chi connectivity index (χ4v) is 11.7. The van der Waals surface area contributed by atoms with Gasteiger partial charge in [-0.25, -0.2) is 4.79 Å². The molecule has 0 aromatic carbocycles. The smallest absolute Gasteiger partial charge is 0.315 e. The highest BCUT2D eigenvalue weighted by molar-refractivity contribution is 8.00. The molecular formula is C58H110N4O7S. The van der Waals surface area contributed by atoms with E-state index in [1.165, 1.54) is 103 Å². The topological polar surface area (TPSA) is 135 Å². The largest absolute Gasteiger partial charge is 0.465 e. The third-order valence-electron chi connectivity index (χ3n) is 14.7. The van der Waals surface area contributed by atoms with Crippen LogP contribution in [0.25, 0.3) is 0 Å². The minimum absolute atomic E-state index is 0.0338. The zero-order valence-electron chi connectivity index (χ0n) is 45.9. The van der Waals surface area contributed by atoms with Crippen LogP contribution in [0.4, 0.5) is 4.79 Å². The number of esters is 2. The van der Waals surface area contributed by atoms with Crippen molar-refractivity contribution in [2.75, 3.05) is 58.4 Å². The average molecular weight is 1010 g/mol.